The van der Waals surface area contributed by atoms with Crippen LogP contribution in [0.4, 0.5) is 0 Å². The first kappa shape index (κ1) is 28.2. The molecule has 0 aliphatic rings. The number of fused-ring (bicyclic) bond motifs is 1. The second kappa shape index (κ2) is 12.5. The lowest BCUT2D eigenvalue weighted by molar-refractivity contribution is 0.230. The molecule has 0 saturated heterocycles. The molecular weight excluding hydrogens is 560 g/mol. The van der Waals surface area contributed by atoms with E-state index in [0.717, 1.165) is 22.8 Å². The molecule has 0 bridgehead atoms. The van der Waals surface area contributed by atoms with Gasteiger partial charge >= 0.3 is 0 Å². The Morgan fingerprint density at radius 2 is 1.07 bits per heavy atom. The monoisotopic (exact) mass is 588 g/mol. The van der Waals surface area contributed by atoms with E-state index in [4.69, 9.17) is 18.6 Å². The normalized spacial score (nSPS) is 10.9. The Labute approximate surface area is 252 Å². The van der Waals surface area contributed by atoms with Gasteiger partial charge in [0.15, 0.2) is 17.3 Å². The van der Waals surface area contributed by atoms with Crippen LogP contribution in [0.2, 0.25) is 0 Å². The fourth-order valence-electron chi connectivity index (χ4n) is 4.74. The van der Waals surface area contributed by atoms with Gasteiger partial charge in [-0.2, -0.15) is 0 Å². The van der Waals surface area contributed by atoms with Crippen molar-refractivity contribution >= 4 is 11.0 Å². The molecule has 0 spiro atoms. The van der Waals surface area contributed by atoms with E-state index in [1.54, 1.807) is 12.1 Å². The highest BCUT2D eigenvalue weighted by atomic mass is 16.5. The number of ether oxygens (including phenoxy) is 3. The summed E-state index contributed by atoms with van der Waals surface area (Å²) in [6.45, 7) is 0.609. The van der Waals surface area contributed by atoms with Crippen molar-refractivity contribution in [2.75, 3.05) is 0 Å². The summed E-state index contributed by atoms with van der Waals surface area (Å²) in [5.41, 5.74) is 2.03. The summed E-state index contributed by atoms with van der Waals surface area (Å²) in [4.78, 5) is 13.1. The number of phenols is 2. The Morgan fingerprint density at radius 1 is 0.591 bits per heavy atom. The van der Waals surface area contributed by atoms with Crippen molar-refractivity contribution in [2.45, 2.75) is 19.8 Å². The molecule has 44 heavy (non-hydrogen) atoms. The standard InChI is InChI=1S/C36H28O8/c37-27-18-28(38)32-29(19-27)44-35(34(40)33(32)39)26-16-30(41-20-23-10-4-1-5-11-23)36(43-22-25-14-8-3-9-15-25)31(17-26)42-21-24-12-6-2-7-13-24/h1-19,37-38,40H,20-22H2. The van der Waals surface area contributed by atoms with Gasteiger partial charge in [-0.05, 0) is 28.8 Å². The predicted molar refractivity (Wildman–Crippen MR) is 165 cm³/mol. The van der Waals surface area contributed by atoms with Crippen LogP contribution in [-0.4, -0.2) is 15.3 Å². The summed E-state index contributed by atoms with van der Waals surface area (Å²) < 4.78 is 24.8. The van der Waals surface area contributed by atoms with Crippen molar-refractivity contribution < 1.29 is 33.9 Å². The molecule has 3 N–H and O–H groups in total. The van der Waals surface area contributed by atoms with Crippen LogP contribution in [-0.2, 0) is 19.8 Å². The number of hydrogen-bond donors (Lipinski definition) is 3. The molecule has 0 aliphatic carbocycles. The fraction of sp³-hybridized carbons (Fsp3) is 0.0833. The molecule has 5 aromatic carbocycles. The smallest absolute Gasteiger partial charge is 0.238 e. The number of aromatic hydroxyl groups is 3. The van der Waals surface area contributed by atoms with Gasteiger partial charge in [0.2, 0.25) is 16.9 Å². The SMILES string of the molecule is O=c1c(O)c(-c2cc(OCc3ccccc3)c(OCc3ccccc3)c(OCc3ccccc3)c2)oc2cc(O)cc(O)c12. The molecule has 0 radical (unpaired) electrons. The highest BCUT2D eigenvalue weighted by Crippen LogP contribution is 2.45. The summed E-state index contributed by atoms with van der Waals surface area (Å²) in [6.07, 6.45) is 0. The molecule has 0 atom stereocenters. The molecule has 8 nitrogen and oxygen atoms in total. The van der Waals surface area contributed by atoms with Gasteiger partial charge in [0, 0.05) is 17.7 Å². The zero-order valence-electron chi connectivity index (χ0n) is 23.5. The number of phenolic OH excluding ortho intramolecular Hbond substituents is 2. The van der Waals surface area contributed by atoms with Gasteiger partial charge in [0.05, 0.1) is 0 Å². The minimum Gasteiger partial charge on any atom is -0.508 e. The molecule has 220 valence electrons. The molecule has 1 heterocycles. The Morgan fingerprint density at radius 3 is 1.57 bits per heavy atom. The molecule has 0 unspecified atom stereocenters. The first-order chi connectivity index (χ1) is 21.5. The fourth-order valence-corrected chi connectivity index (χ4v) is 4.74. The minimum atomic E-state index is -0.860. The molecule has 0 amide bonds. The number of rotatable bonds is 10. The molecule has 6 aromatic rings. The molecule has 0 aliphatic heterocycles. The molecular formula is C36H28O8. The first-order valence-corrected chi connectivity index (χ1v) is 13.9. The molecule has 6 rings (SSSR count). The average molecular weight is 589 g/mol. The van der Waals surface area contributed by atoms with E-state index in [-0.39, 0.29) is 59.4 Å². The third kappa shape index (κ3) is 6.15. The summed E-state index contributed by atoms with van der Waals surface area (Å²) in [5, 5.41) is 31.0. The Balaban J connectivity index is 1.49. The second-order valence-corrected chi connectivity index (χ2v) is 10.1. The number of hydrogen-bond acceptors (Lipinski definition) is 8. The average Bonchev–Trinajstić information content (AvgIpc) is 3.04. The summed E-state index contributed by atoms with van der Waals surface area (Å²) in [6, 6.07) is 34.2. The lowest BCUT2D eigenvalue weighted by atomic mass is 10.1. The van der Waals surface area contributed by atoms with Crippen molar-refractivity contribution in [3.63, 3.8) is 0 Å². The Kier molecular flexibility index (Phi) is 8.05. The van der Waals surface area contributed by atoms with Crippen molar-refractivity contribution in [3.8, 4) is 45.8 Å². The van der Waals surface area contributed by atoms with Crippen LogP contribution in [0.5, 0.6) is 34.5 Å². The third-order valence-corrected chi connectivity index (χ3v) is 6.92. The van der Waals surface area contributed by atoms with E-state index < -0.39 is 16.9 Å². The second-order valence-electron chi connectivity index (χ2n) is 10.1. The van der Waals surface area contributed by atoms with Gasteiger partial charge in [-0.3, -0.25) is 4.79 Å². The lowest BCUT2D eigenvalue weighted by Crippen LogP contribution is -2.06. The quantitative estimate of drug-likeness (QED) is 0.152. The highest BCUT2D eigenvalue weighted by molar-refractivity contribution is 5.88. The van der Waals surface area contributed by atoms with E-state index in [0.29, 0.717) is 5.75 Å². The van der Waals surface area contributed by atoms with Crippen LogP contribution >= 0.6 is 0 Å². The van der Waals surface area contributed by atoms with Crippen molar-refractivity contribution in [1.29, 1.82) is 0 Å². The van der Waals surface area contributed by atoms with Gasteiger partial charge in [0.25, 0.3) is 0 Å². The largest absolute Gasteiger partial charge is 0.508 e. The minimum absolute atomic E-state index is 0.108. The lowest BCUT2D eigenvalue weighted by Gasteiger charge is -2.19. The van der Waals surface area contributed by atoms with Gasteiger partial charge in [0.1, 0.15) is 42.3 Å². The first-order valence-electron chi connectivity index (χ1n) is 13.9. The third-order valence-electron chi connectivity index (χ3n) is 6.92. The molecule has 1 aromatic heterocycles. The highest BCUT2D eigenvalue weighted by Gasteiger charge is 2.23. The van der Waals surface area contributed by atoms with Crippen LogP contribution in [0.3, 0.4) is 0 Å². The van der Waals surface area contributed by atoms with E-state index >= 15 is 0 Å². The van der Waals surface area contributed by atoms with E-state index in [1.165, 1.54) is 6.07 Å². The van der Waals surface area contributed by atoms with Gasteiger partial charge in [-0.15, -0.1) is 0 Å². The van der Waals surface area contributed by atoms with Gasteiger partial charge in [-0.1, -0.05) is 91.0 Å². The van der Waals surface area contributed by atoms with E-state index in [1.807, 2.05) is 91.0 Å². The molecule has 8 heteroatoms. The molecule has 0 fully saturated rings. The van der Waals surface area contributed by atoms with Crippen LogP contribution in [0.25, 0.3) is 22.3 Å². The summed E-state index contributed by atoms with van der Waals surface area (Å²) in [5.74, 6) is -0.854. The van der Waals surface area contributed by atoms with E-state index in [2.05, 4.69) is 0 Å². The van der Waals surface area contributed by atoms with Crippen molar-refractivity contribution in [2.24, 2.45) is 0 Å². The molecule has 0 saturated carbocycles. The Bertz CT molecular complexity index is 1890. The summed E-state index contributed by atoms with van der Waals surface area (Å²) >= 11 is 0. The van der Waals surface area contributed by atoms with E-state index in [9.17, 15) is 20.1 Å². The van der Waals surface area contributed by atoms with Crippen LogP contribution in [0, 0.1) is 0 Å². The Hall–Kier alpha value is -5.89. The maximum atomic E-state index is 13.1. The maximum Gasteiger partial charge on any atom is 0.238 e. The summed E-state index contributed by atoms with van der Waals surface area (Å²) in [7, 11) is 0. The number of benzene rings is 5. The van der Waals surface area contributed by atoms with Crippen LogP contribution < -0.4 is 19.6 Å². The predicted octanol–water partition coefficient (Wildman–Crippen LogP) is 7.31. The van der Waals surface area contributed by atoms with Gasteiger partial charge < -0.3 is 33.9 Å². The van der Waals surface area contributed by atoms with Crippen LogP contribution in [0.15, 0.2) is 124 Å². The van der Waals surface area contributed by atoms with Crippen molar-refractivity contribution in [3.05, 3.63) is 142 Å². The van der Waals surface area contributed by atoms with Crippen molar-refractivity contribution in [1.82, 2.24) is 0 Å². The zero-order valence-corrected chi connectivity index (χ0v) is 23.5. The topological polar surface area (TPSA) is 119 Å². The van der Waals surface area contributed by atoms with Gasteiger partial charge in [-0.25, -0.2) is 0 Å². The zero-order chi connectivity index (χ0) is 30.5. The maximum absolute atomic E-state index is 13.1. The van der Waals surface area contributed by atoms with Crippen LogP contribution in [0.1, 0.15) is 16.7 Å².